The van der Waals surface area contributed by atoms with E-state index in [-0.39, 0.29) is 5.82 Å². The first-order valence-electron chi connectivity index (χ1n) is 9.22. The van der Waals surface area contributed by atoms with Crippen LogP contribution < -0.4 is 9.47 Å². The summed E-state index contributed by atoms with van der Waals surface area (Å²) in [4.78, 5) is 2.12. The minimum Gasteiger partial charge on any atom is -0.493 e. The zero-order valence-corrected chi connectivity index (χ0v) is 17.9. The number of likely N-dealkylation sites (N-methyl/N-ethyl adjacent to an activating group) is 1. The van der Waals surface area contributed by atoms with Crippen LogP contribution in [0.4, 0.5) is 4.39 Å². The highest BCUT2D eigenvalue weighted by molar-refractivity contribution is 7.71. The van der Waals surface area contributed by atoms with Gasteiger partial charge in [-0.1, -0.05) is 18.2 Å². The van der Waals surface area contributed by atoms with E-state index in [1.165, 1.54) is 6.07 Å². The molecule has 0 fully saturated rings. The Morgan fingerprint density at radius 1 is 1.10 bits per heavy atom. The number of benzene rings is 2. The highest BCUT2D eigenvalue weighted by atomic mass is 32.1. The average molecular weight is 417 g/mol. The predicted octanol–water partition coefficient (Wildman–Crippen LogP) is 3.91. The maximum absolute atomic E-state index is 14.2. The second-order valence-corrected chi connectivity index (χ2v) is 7.17. The third-order valence-electron chi connectivity index (χ3n) is 4.76. The van der Waals surface area contributed by atoms with Crippen LogP contribution in [0.25, 0.3) is 11.4 Å². The van der Waals surface area contributed by atoms with Crippen molar-refractivity contribution in [3.8, 4) is 22.9 Å². The van der Waals surface area contributed by atoms with Gasteiger partial charge in [0.05, 0.1) is 26.5 Å². The summed E-state index contributed by atoms with van der Waals surface area (Å²) in [5, 5.41) is 4.54. The lowest BCUT2D eigenvalue weighted by Crippen LogP contribution is -2.25. The Hall–Kier alpha value is -2.71. The van der Waals surface area contributed by atoms with Gasteiger partial charge in [0.25, 0.3) is 0 Å². The maximum atomic E-state index is 14.2. The van der Waals surface area contributed by atoms with Gasteiger partial charge in [-0.2, -0.15) is 5.10 Å². The molecular weight excluding hydrogens is 391 g/mol. The highest BCUT2D eigenvalue weighted by Crippen LogP contribution is 2.27. The van der Waals surface area contributed by atoms with Crippen LogP contribution in [0.5, 0.6) is 11.5 Å². The second-order valence-electron chi connectivity index (χ2n) is 6.81. The van der Waals surface area contributed by atoms with Gasteiger partial charge in [0, 0.05) is 13.6 Å². The van der Waals surface area contributed by atoms with Crippen molar-refractivity contribution in [2.45, 2.75) is 13.1 Å². The van der Waals surface area contributed by atoms with Gasteiger partial charge in [-0.05, 0) is 55.5 Å². The van der Waals surface area contributed by atoms with Crippen LogP contribution in [0, 0.1) is 10.6 Å². The molecule has 0 atom stereocenters. The first-order chi connectivity index (χ1) is 13.9. The van der Waals surface area contributed by atoms with Crippen LogP contribution >= 0.6 is 12.2 Å². The van der Waals surface area contributed by atoms with Crippen LogP contribution in [0.3, 0.4) is 0 Å². The highest BCUT2D eigenvalue weighted by Gasteiger charge is 2.14. The molecule has 0 radical (unpaired) electrons. The van der Waals surface area contributed by atoms with Crippen molar-refractivity contribution in [2.75, 3.05) is 27.8 Å². The molecule has 0 amide bonds. The summed E-state index contributed by atoms with van der Waals surface area (Å²) in [6.45, 7) is 1.30. The molecule has 0 aliphatic heterocycles. The van der Waals surface area contributed by atoms with E-state index in [0.29, 0.717) is 34.3 Å². The molecule has 3 rings (SSSR count). The molecule has 8 heteroatoms. The number of ether oxygens (including phenoxy) is 2. The van der Waals surface area contributed by atoms with Gasteiger partial charge in [0.15, 0.2) is 22.1 Å². The smallest absolute Gasteiger partial charge is 0.199 e. The molecule has 0 saturated carbocycles. The monoisotopic (exact) mass is 416 g/mol. The Balaban J connectivity index is 1.70. The fraction of sp³-hybridized carbons (Fsp3) is 0.333. The molecule has 1 aromatic heterocycles. The van der Waals surface area contributed by atoms with E-state index in [2.05, 4.69) is 10.00 Å². The standard InChI is InChI=1S/C21H25FN4O2S/c1-24(12-11-15-9-10-18(27-3)19(13-15)28-4)14-26-21(29)25(2)20(23-26)16-7-5-6-8-17(16)22/h5-10,13H,11-12,14H2,1-4H3. The van der Waals surface area contributed by atoms with Gasteiger partial charge < -0.3 is 14.0 Å². The van der Waals surface area contributed by atoms with Crippen molar-refractivity contribution in [2.24, 2.45) is 7.05 Å². The van der Waals surface area contributed by atoms with Crippen molar-refractivity contribution in [1.29, 1.82) is 0 Å². The lowest BCUT2D eigenvalue weighted by Gasteiger charge is -2.17. The van der Waals surface area contributed by atoms with Gasteiger partial charge in [-0.15, -0.1) is 0 Å². The van der Waals surface area contributed by atoms with Crippen LogP contribution in [0.1, 0.15) is 5.56 Å². The summed E-state index contributed by atoms with van der Waals surface area (Å²) in [5.41, 5.74) is 1.58. The molecule has 154 valence electrons. The summed E-state index contributed by atoms with van der Waals surface area (Å²) in [6.07, 6.45) is 0.831. The molecule has 3 aromatic rings. The van der Waals surface area contributed by atoms with Crippen LogP contribution in [-0.4, -0.2) is 47.1 Å². The van der Waals surface area contributed by atoms with Crippen LogP contribution in [-0.2, 0) is 20.1 Å². The molecule has 0 spiro atoms. The molecular formula is C21H25FN4O2S. The molecule has 0 bridgehead atoms. The molecule has 0 aliphatic rings. The Morgan fingerprint density at radius 3 is 2.52 bits per heavy atom. The molecule has 6 nitrogen and oxygen atoms in total. The minimum atomic E-state index is -0.315. The Labute approximate surface area is 175 Å². The van der Waals surface area contributed by atoms with Gasteiger partial charge in [-0.25, -0.2) is 9.07 Å². The number of hydrogen-bond donors (Lipinski definition) is 0. The van der Waals surface area contributed by atoms with Gasteiger partial charge in [-0.3, -0.25) is 4.90 Å². The van der Waals surface area contributed by atoms with Crippen LogP contribution in [0.15, 0.2) is 42.5 Å². The van der Waals surface area contributed by atoms with E-state index >= 15 is 0 Å². The largest absolute Gasteiger partial charge is 0.493 e. The average Bonchev–Trinajstić information content (AvgIpc) is 3.00. The summed E-state index contributed by atoms with van der Waals surface area (Å²) >= 11 is 5.50. The number of nitrogens with zero attached hydrogens (tertiary/aromatic N) is 4. The minimum absolute atomic E-state index is 0.315. The van der Waals surface area contributed by atoms with Crippen molar-refractivity contribution < 1.29 is 13.9 Å². The zero-order valence-electron chi connectivity index (χ0n) is 17.1. The molecule has 0 saturated heterocycles. The van der Waals surface area contributed by atoms with E-state index in [4.69, 9.17) is 21.7 Å². The molecule has 1 heterocycles. The third-order valence-corrected chi connectivity index (χ3v) is 5.25. The van der Waals surface area contributed by atoms with E-state index < -0.39 is 0 Å². The molecule has 0 N–H and O–H groups in total. The number of halogens is 1. The Bertz CT molecular complexity index is 1050. The predicted molar refractivity (Wildman–Crippen MR) is 113 cm³/mol. The fourth-order valence-electron chi connectivity index (χ4n) is 3.11. The third kappa shape index (κ3) is 4.65. The van der Waals surface area contributed by atoms with Crippen LogP contribution in [0.2, 0.25) is 0 Å². The summed E-state index contributed by atoms with van der Waals surface area (Å²) in [7, 11) is 7.05. The number of rotatable bonds is 8. The second kappa shape index (κ2) is 9.19. The van der Waals surface area contributed by atoms with Gasteiger partial charge in [0.1, 0.15) is 5.82 Å². The topological polar surface area (TPSA) is 44.5 Å². The summed E-state index contributed by atoms with van der Waals surface area (Å²) in [6, 6.07) is 12.5. The first-order valence-corrected chi connectivity index (χ1v) is 9.63. The zero-order chi connectivity index (χ0) is 21.0. The van der Waals surface area contributed by atoms with Gasteiger partial charge in [0.2, 0.25) is 0 Å². The summed E-state index contributed by atoms with van der Waals surface area (Å²) in [5.74, 6) is 1.63. The fourth-order valence-corrected chi connectivity index (χ4v) is 3.30. The number of methoxy groups -OCH3 is 2. The van der Waals surface area contributed by atoms with Crippen molar-refractivity contribution in [3.05, 3.63) is 58.6 Å². The molecule has 0 aliphatic carbocycles. The van der Waals surface area contributed by atoms with E-state index in [1.54, 1.807) is 48.7 Å². The quantitative estimate of drug-likeness (QED) is 0.521. The number of hydrogen-bond acceptors (Lipinski definition) is 5. The van der Waals surface area contributed by atoms with E-state index in [9.17, 15) is 4.39 Å². The molecule has 29 heavy (non-hydrogen) atoms. The normalized spacial score (nSPS) is 11.1. The van der Waals surface area contributed by atoms with E-state index in [1.807, 2.05) is 25.2 Å². The van der Waals surface area contributed by atoms with Crippen molar-refractivity contribution in [3.63, 3.8) is 0 Å². The lowest BCUT2D eigenvalue weighted by molar-refractivity contribution is 0.254. The Kier molecular flexibility index (Phi) is 6.66. The SMILES string of the molecule is COc1ccc(CCN(C)Cn2nc(-c3ccccc3F)n(C)c2=S)cc1OC. The number of aromatic nitrogens is 3. The van der Waals surface area contributed by atoms with Crippen molar-refractivity contribution in [1.82, 2.24) is 19.2 Å². The lowest BCUT2D eigenvalue weighted by atomic mass is 10.1. The molecule has 0 unspecified atom stereocenters. The Morgan fingerprint density at radius 2 is 1.83 bits per heavy atom. The molecule has 2 aromatic carbocycles. The van der Waals surface area contributed by atoms with E-state index in [0.717, 1.165) is 18.5 Å². The maximum Gasteiger partial charge on any atom is 0.199 e. The van der Waals surface area contributed by atoms with Crippen molar-refractivity contribution >= 4 is 12.2 Å². The van der Waals surface area contributed by atoms with Gasteiger partial charge >= 0.3 is 0 Å². The summed E-state index contributed by atoms with van der Waals surface area (Å²) < 4.78 is 28.8. The first kappa shape index (κ1) is 21.0.